The third kappa shape index (κ3) is 4.17. The van der Waals surface area contributed by atoms with E-state index in [1.54, 1.807) is 26.0 Å². The van der Waals surface area contributed by atoms with Crippen molar-refractivity contribution in [1.82, 2.24) is 5.32 Å². The first-order valence-electron chi connectivity index (χ1n) is 6.71. The first-order valence-corrected chi connectivity index (χ1v) is 8.53. The second-order valence-electron chi connectivity index (χ2n) is 5.79. The fourth-order valence-electron chi connectivity index (χ4n) is 2.43. The SMILES string of the molecule is Cc1ccc(NCC(=O)NC2(C)CCS(=O)(=O)C2)c(F)c1. The van der Waals surface area contributed by atoms with Crippen LogP contribution in [0.5, 0.6) is 0 Å². The molecule has 0 bridgehead atoms. The van der Waals surface area contributed by atoms with Crippen LogP contribution in [0.3, 0.4) is 0 Å². The molecule has 0 saturated carbocycles. The van der Waals surface area contributed by atoms with Gasteiger partial charge in [-0.15, -0.1) is 0 Å². The number of hydrogen-bond donors (Lipinski definition) is 2. The minimum absolute atomic E-state index is 0.0510. The largest absolute Gasteiger partial charge is 0.374 e. The molecule has 0 aliphatic carbocycles. The Kier molecular flexibility index (Phi) is 4.22. The molecule has 21 heavy (non-hydrogen) atoms. The standard InChI is InChI=1S/C14H19FN2O3S/c1-10-3-4-12(11(15)7-10)16-8-13(18)17-14(2)5-6-21(19,20)9-14/h3-4,7,16H,5-6,8-9H2,1-2H3,(H,17,18). The zero-order valence-electron chi connectivity index (χ0n) is 12.1. The zero-order chi connectivity index (χ0) is 15.7. The number of anilines is 1. The Morgan fingerprint density at radius 3 is 2.71 bits per heavy atom. The van der Waals surface area contributed by atoms with Crippen molar-refractivity contribution in [3.8, 4) is 0 Å². The lowest BCUT2D eigenvalue weighted by molar-refractivity contribution is -0.120. The number of amides is 1. The molecule has 1 aromatic rings. The van der Waals surface area contributed by atoms with Gasteiger partial charge in [-0.3, -0.25) is 4.79 Å². The highest BCUT2D eigenvalue weighted by atomic mass is 32.2. The summed E-state index contributed by atoms with van der Waals surface area (Å²) >= 11 is 0. The molecule has 0 radical (unpaired) electrons. The Balaban J connectivity index is 1.91. The van der Waals surface area contributed by atoms with Crippen molar-refractivity contribution in [1.29, 1.82) is 0 Å². The maximum atomic E-state index is 13.6. The van der Waals surface area contributed by atoms with Gasteiger partial charge in [0.2, 0.25) is 5.91 Å². The minimum atomic E-state index is -3.07. The van der Waals surface area contributed by atoms with E-state index in [-0.39, 0.29) is 29.6 Å². The third-order valence-corrected chi connectivity index (χ3v) is 5.41. The molecule has 116 valence electrons. The molecule has 2 rings (SSSR count). The predicted molar refractivity (Wildman–Crippen MR) is 79.4 cm³/mol. The summed E-state index contributed by atoms with van der Waals surface area (Å²) in [6.45, 7) is 3.39. The normalized spacial score (nSPS) is 23.8. The first-order chi connectivity index (χ1) is 9.69. The molecule has 7 heteroatoms. The first kappa shape index (κ1) is 15.8. The van der Waals surface area contributed by atoms with Gasteiger partial charge in [0.05, 0.1) is 29.3 Å². The van der Waals surface area contributed by atoms with Crippen molar-refractivity contribution in [2.45, 2.75) is 25.8 Å². The number of halogens is 1. The number of hydrogen-bond acceptors (Lipinski definition) is 4. The molecule has 1 heterocycles. The lowest BCUT2D eigenvalue weighted by Gasteiger charge is -2.24. The van der Waals surface area contributed by atoms with Gasteiger partial charge in [-0.05, 0) is 38.0 Å². The van der Waals surface area contributed by atoms with Crippen molar-refractivity contribution in [3.63, 3.8) is 0 Å². The highest BCUT2D eigenvalue weighted by molar-refractivity contribution is 7.91. The Labute approximate surface area is 123 Å². The lowest BCUT2D eigenvalue weighted by atomic mass is 10.0. The van der Waals surface area contributed by atoms with Crippen LogP contribution in [0.4, 0.5) is 10.1 Å². The number of carbonyl (C=O) groups excluding carboxylic acids is 1. The maximum Gasteiger partial charge on any atom is 0.239 e. The monoisotopic (exact) mass is 314 g/mol. The van der Waals surface area contributed by atoms with Crippen molar-refractivity contribution in [3.05, 3.63) is 29.6 Å². The van der Waals surface area contributed by atoms with Crippen LogP contribution in [0.1, 0.15) is 18.9 Å². The summed E-state index contributed by atoms with van der Waals surface area (Å²) in [6.07, 6.45) is 0.403. The molecule has 1 aliphatic heterocycles. The molecule has 1 fully saturated rings. The van der Waals surface area contributed by atoms with Gasteiger partial charge in [-0.1, -0.05) is 6.07 Å². The third-order valence-electron chi connectivity index (χ3n) is 3.51. The molecular formula is C14H19FN2O3S. The number of nitrogens with one attached hydrogen (secondary N) is 2. The van der Waals surface area contributed by atoms with E-state index in [2.05, 4.69) is 10.6 Å². The minimum Gasteiger partial charge on any atom is -0.374 e. The van der Waals surface area contributed by atoms with Gasteiger partial charge in [0.15, 0.2) is 9.84 Å². The maximum absolute atomic E-state index is 13.6. The molecule has 1 amide bonds. The number of aryl methyl sites for hydroxylation is 1. The summed E-state index contributed by atoms with van der Waals surface area (Å²) in [4.78, 5) is 11.9. The van der Waals surface area contributed by atoms with Crippen LogP contribution in [0, 0.1) is 12.7 Å². The Hall–Kier alpha value is -1.63. The van der Waals surface area contributed by atoms with Crippen LogP contribution in [0.15, 0.2) is 18.2 Å². The summed E-state index contributed by atoms with van der Waals surface area (Å²) < 4.78 is 36.5. The highest BCUT2D eigenvalue weighted by Gasteiger charge is 2.39. The quantitative estimate of drug-likeness (QED) is 0.877. The van der Waals surface area contributed by atoms with Gasteiger partial charge in [0, 0.05) is 0 Å². The Bertz CT molecular complexity index is 660. The number of benzene rings is 1. The molecule has 1 saturated heterocycles. The van der Waals surface area contributed by atoms with E-state index in [0.29, 0.717) is 6.42 Å². The molecule has 0 aromatic heterocycles. The van der Waals surface area contributed by atoms with Gasteiger partial charge in [-0.25, -0.2) is 12.8 Å². The van der Waals surface area contributed by atoms with Crippen LogP contribution in [-0.4, -0.2) is 37.9 Å². The van der Waals surface area contributed by atoms with E-state index in [1.165, 1.54) is 6.07 Å². The predicted octanol–water partition coefficient (Wildman–Crippen LogP) is 1.24. The molecule has 2 N–H and O–H groups in total. The molecule has 1 aliphatic rings. The van der Waals surface area contributed by atoms with Crippen LogP contribution in [0.2, 0.25) is 0 Å². The smallest absolute Gasteiger partial charge is 0.239 e. The summed E-state index contributed by atoms with van der Waals surface area (Å²) in [7, 11) is -3.07. The topological polar surface area (TPSA) is 75.3 Å². The Morgan fingerprint density at radius 2 is 2.14 bits per heavy atom. The molecule has 1 aromatic carbocycles. The average molecular weight is 314 g/mol. The van der Waals surface area contributed by atoms with Crippen molar-refractivity contribution in [2.75, 3.05) is 23.4 Å². The summed E-state index contributed by atoms with van der Waals surface area (Å²) in [5, 5.41) is 5.42. The Morgan fingerprint density at radius 1 is 1.43 bits per heavy atom. The molecule has 1 unspecified atom stereocenters. The summed E-state index contributed by atoms with van der Waals surface area (Å²) in [6, 6.07) is 4.69. The van der Waals surface area contributed by atoms with Gasteiger partial charge < -0.3 is 10.6 Å². The van der Waals surface area contributed by atoms with Crippen LogP contribution >= 0.6 is 0 Å². The second-order valence-corrected chi connectivity index (χ2v) is 7.97. The number of carbonyl (C=O) groups is 1. The lowest BCUT2D eigenvalue weighted by Crippen LogP contribution is -2.48. The molecular weight excluding hydrogens is 295 g/mol. The average Bonchev–Trinajstić information content (AvgIpc) is 2.62. The van der Waals surface area contributed by atoms with Crippen LogP contribution in [-0.2, 0) is 14.6 Å². The highest BCUT2D eigenvalue weighted by Crippen LogP contribution is 2.22. The van der Waals surface area contributed by atoms with E-state index < -0.39 is 21.2 Å². The van der Waals surface area contributed by atoms with Gasteiger partial charge in [-0.2, -0.15) is 0 Å². The van der Waals surface area contributed by atoms with Gasteiger partial charge in [0.1, 0.15) is 5.82 Å². The summed E-state index contributed by atoms with van der Waals surface area (Å²) in [5.74, 6) is -0.735. The fourth-order valence-corrected chi connectivity index (χ4v) is 4.52. The van der Waals surface area contributed by atoms with Crippen molar-refractivity contribution < 1.29 is 17.6 Å². The van der Waals surface area contributed by atoms with Crippen molar-refractivity contribution >= 4 is 21.4 Å². The van der Waals surface area contributed by atoms with E-state index in [9.17, 15) is 17.6 Å². The molecule has 1 atom stereocenters. The second kappa shape index (κ2) is 5.63. The van der Waals surface area contributed by atoms with E-state index in [1.807, 2.05) is 0 Å². The zero-order valence-corrected chi connectivity index (χ0v) is 12.9. The molecule has 0 spiro atoms. The number of sulfone groups is 1. The van der Waals surface area contributed by atoms with E-state index >= 15 is 0 Å². The van der Waals surface area contributed by atoms with Crippen molar-refractivity contribution in [2.24, 2.45) is 0 Å². The summed E-state index contributed by atoms with van der Waals surface area (Å²) in [5.41, 5.74) is 0.315. The van der Waals surface area contributed by atoms with Crippen LogP contribution in [0.25, 0.3) is 0 Å². The van der Waals surface area contributed by atoms with E-state index in [4.69, 9.17) is 0 Å². The van der Waals surface area contributed by atoms with Gasteiger partial charge in [0.25, 0.3) is 0 Å². The molecule has 5 nitrogen and oxygen atoms in total. The van der Waals surface area contributed by atoms with E-state index in [0.717, 1.165) is 5.56 Å². The van der Waals surface area contributed by atoms with Crippen LogP contribution < -0.4 is 10.6 Å². The van der Waals surface area contributed by atoms with Gasteiger partial charge >= 0.3 is 0 Å². The number of rotatable bonds is 4. The fraction of sp³-hybridized carbons (Fsp3) is 0.500.